The third-order valence-electron chi connectivity index (χ3n) is 3.36. The van der Waals surface area contributed by atoms with Gasteiger partial charge in [0.1, 0.15) is 5.82 Å². The number of hydrogen-bond donors (Lipinski definition) is 0. The summed E-state index contributed by atoms with van der Waals surface area (Å²) in [5.74, 6) is 0.436. The van der Waals surface area contributed by atoms with E-state index in [4.69, 9.17) is 4.52 Å². The van der Waals surface area contributed by atoms with Crippen LogP contribution in [0, 0.1) is 5.82 Å². The largest absolute Gasteiger partial charge is 0.332 e. The molecule has 0 aliphatic carbocycles. The zero-order valence-corrected chi connectivity index (χ0v) is 12.4. The molecule has 3 heterocycles. The quantitative estimate of drug-likeness (QED) is 0.574. The fourth-order valence-corrected chi connectivity index (χ4v) is 2.24. The van der Waals surface area contributed by atoms with E-state index in [9.17, 15) is 4.39 Å². The lowest BCUT2D eigenvalue weighted by Crippen LogP contribution is -2.00. The molecule has 0 radical (unpaired) electrons. The summed E-state index contributed by atoms with van der Waals surface area (Å²) < 4.78 is 20.0. The van der Waals surface area contributed by atoms with Crippen molar-refractivity contribution in [2.24, 2.45) is 0 Å². The average Bonchev–Trinajstić information content (AvgIpc) is 3.25. The van der Waals surface area contributed by atoms with Crippen LogP contribution in [0.3, 0.4) is 0 Å². The van der Waals surface area contributed by atoms with Crippen LogP contribution in [-0.4, -0.2) is 30.1 Å². The van der Waals surface area contributed by atoms with Crippen LogP contribution in [-0.2, 0) is 6.54 Å². The first-order chi connectivity index (χ1) is 11.8. The molecule has 118 valence electrons. The minimum atomic E-state index is -0.285. The van der Waals surface area contributed by atoms with E-state index in [0.717, 1.165) is 11.1 Å². The second kappa shape index (κ2) is 5.99. The first kappa shape index (κ1) is 14.2. The molecule has 0 saturated carbocycles. The van der Waals surface area contributed by atoms with Crippen LogP contribution in [0.25, 0.3) is 23.0 Å². The summed E-state index contributed by atoms with van der Waals surface area (Å²) in [6.07, 6.45) is 4.98. The predicted molar refractivity (Wildman–Crippen MR) is 82.0 cm³/mol. The Kier molecular flexibility index (Phi) is 3.54. The van der Waals surface area contributed by atoms with Gasteiger partial charge in [0.25, 0.3) is 5.89 Å². The number of nitrogens with zero attached hydrogens (tertiary/aromatic N) is 6. The highest BCUT2D eigenvalue weighted by molar-refractivity contribution is 5.56. The van der Waals surface area contributed by atoms with Gasteiger partial charge in [-0.2, -0.15) is 4.98 Å². The fourth-order valence-electron chi connectivity index (χ4n) is 2.24. The Morgan fingerprint density at radius 1 is 1.12 bits per heavy atom. The molecular weight excluding hydrogens is 311 g/mol. The van der Waals surface area contributed by atoms with Gasteiger partial charge in [0.2, 0.25) is 5.82 Å². The first-order valence-electron chi connectivity index (χ1n) is 7.17. The maximum absolute atomic E-state index is 13.2. The number of pyridine rings is 1. The van der Waals surface area contributed by atoms with E-state index in [2.05, 4.69) is 25.4 Å². The molecule has 0 amide bonds. The monoisotopic (exact) mass is 322 g/mol. The second-order valence-corrected chi connectivity index (χ2v) is 5.09. The van der Waals surface area contributed by atoms with Gasteiger partial charge < -0.3 is 4.52 Å². The topological polar surface area (TPSA) is 82.5 Å². The highest BCUT2D eigenvalue weighted by atomic mass is 19.1. The van der Waals surface area contributed by atoms with Crippen molar-refractivity contribution in [3.63, 3.8) is 0 Å². The minimum absolute atomic E-state index is 0.271. The van der Waals surface area contributed by atoms with Crippen LogP contribution in [0.5, 0.6) is 0 Å². The van der Waals surface area contributed by atoms with Gasteiger partial charge in [-0.1, -0.05) is 22.5 Å². The van der Waals surface area contributed by atoms with Crippen LogP contribution in [0.1, 0.15) is 5.56 Å². The lowest BCUT2D eigenvalue weighted by Gasteiger charge is -2.00. The Bertz CT molecular complexity index is 965. The average molecular weight is 322 g/mol. The van der Waals surface area contributed by atoms with Gasteiger partial charge in [0, 0.05) is 18.0 Å². The van der Waals surface area contributed by atoms with Crippen molar-refractivity contribution < 1.29 is 8.91 Å². The summed E-state index contributed by atoms with van der Waals surface area (Å²) in [4.78, 5) is 8.25. The van der Waals surface area contributed by atoms with Gasteiger partial charge in [0.15, 0.2) is 5.69 Å². The van der Waals surface area contributed by atoms with E-state index in [0.29, 0.717) is 18.1 Å². The summed E-state index contributed by atoms with van der Waals surface area (Å²) >= 11 is 0. The third-order valence-corrected chi connectivity index (χ3v) is 3.36. The molecule has 7 nitrogen and oxygen atoms in total. The summed E-state index contributed by atoms with van der Waals surface area (Å²) in [5.41, 5.74) is 2.04. The van der Waals surface area contributed by atoms with Gasteiger partial charge in [-0.15, -0.1) is 5.10 Å². The zero-order chi connectivity index (χ0) is 16.4. The van der Waals surface area contributed by atoms with Crippen molar-refractivity contribution in [3.8, 4) is 23.0 Å². The smallest absolute Gasteiger partial charge is 0.280 e. The fraction of sp³-hybridized carbons (Fsp3) is 0.0625. The van der Waals surface area contributed by atoms with Gasteiger partial charge in [0.05, 0.1) is 12.7 Å². The molecule has 1 aromatic carbocycles. The Morgan fingerprint density at radius 2 is 2.00 bits per heavy atom. The minimum Gasteiger partial charge on any atom is -0.332 e. The third kappa shape index (κ3) is 2.89. The predicted octanol–water partition coefficient (Wildman–Crippen LogP) is 2.58. The second-order valence-electron chi connectivity index (χ2n) is 5.09. The molecule has 0 aliphatic heterocycles. The van der Waals surface area contributed by atoms with Crippen molar-refractivity contribution in [3.05, 3.63) is 66.4 Å². The van der Waals surface area contributed by atoms with Crippen LogP contribution < -0.4 is 0 Å². The van der Waals surface area contributed by atoms with Crippen LogP contribution in [0.4, 0.5) is 4.39 Å². The Morgan fingerprint density at radius 3 is 2.83 bits per heavy atom. The van der Waals surface area contributed by atoms with E-state index in [-0.39, 0.29) is 11.7 Å². The van der Waals surface area contributed by atoms with Crippen molar-refractivity contribution in [1.29, 1.82) is 0 Å². The van der Waals surface area contributed by atoms with E-state index < -0.39 is 0 Å². The van der Waals surface area contributed by atoms with Crippen molar-refractivity contribution in [2.75, 3.05) is 0 Å². The van der Waals surface area contributed by atoms with Crippen LogP contribution in [0.2, 0.25) is 0 Å². The molecule has 0 unspecified atom stereocenters. The van der Waals surface area contributed by atoms with E-state index >= 15 is 0 Å². The van der Waals surface area contributed by atoms with Crippen molar-refractivity contribution in [2.45, 2.75) is 6.54 Å². The molecule has 24 heavy (non-hydrogen) atoms. The zero-order valence-electron chi connectivity index (χ0n) is 12.4. The summed E-state index contributed by atoms with van der Waals surface area (Å²) in [7, 11) is 0. The number of benzene rings is 1. The molecule has 4 rings (SSSR count). The molecule has 0 aliphatic rings. The molecular formula is C16H11FN6O. The van der Waals surface area contributed by atoms with Gasteiger partial charge in [-0.25, -0.2) is 9.07 Å². The molecule has 0 saturated heterocycles. The molecule has 3 aromatic heterocycles. The number of rotatable bonds is 4. The van der Waals surface area contributed by atoms with E-state index in [1.165, 1.54) is 12.1 Å². The number of hydrogen-bond acceptors (Lipinski definition) is 6. The Hall–Kier alpha value is -3.42. The van der Waals surface area contributed by atoms with Gasteiger partial charge in [-0.3, -0.25) is 4.98 Å². The van der Waals surface area contributed by atoms with Crippen LogP contribution in [0.15, 0.2) is 59.5 Å². The van der Waals surface area contributed by atoms with Crippen LogP contribution >= 0.6 is 0 Å². The molecule has 4 aromatic rings. The first-order valence-corrected chi connectivity index (χ1v) is 7.17. The molecule has 8 heteroatoms. The standard InChI is InChI=1S/C16H11FN6O/c17-13-3-1-2-11(8-13)9-23-10-14(20-22-23)16-19-15(21-24-16)12-4-6-18-7-5-12/h1-8,10H,9H2. The SMILES string of the molecule is Fc1cccc(Cn2cc(-c3nc(-c4ccncc4)no3)nn2)c1. The van der Waals surface area contributed by atoms with Crippen molar-refractivity contribution >= 4 is 0 Å². The Labute approximate surface area is 135 Å². The lowest BCUT2D eigenvalue weighted by atomic mass is 10.2. The molecule has 0 N–H and O–H groups in total. The van der Waals surface area contributed by atoms with Gasteiger partial charge in [-0.05, 0) is 29.8 Å². The molecule has 0 fully saturated rings. The molecule has 0 bridgehead atoms. The summed E-state index contributed by atoms with van der Waals surface area (Å²) in [5, 5.41) is 12.0. The highest BCUT2D eigenvalue weighted by Crippen LogP contribution is 2.20. The molecule has 0 spiro atoms. The molecule has 0 atom stereocenters. The van der Waals surface area contributed by atoms with Crippen molar-refractivity contribution in [1.82, 2.24) is 30.1 Å². The highest BCUT2D eigenvalue weighted by Gasteiger charge is 2.14. The maximum atomic E-state index is 13.2. The number of aromatic nitrogens is 6. The normalized spacial score (nSPS) is 10.9. The van der Waals surface area contributed by atoms with E-state index in [1.54, 1.807) is 41.5 Å². The maximum Gasteiger partial charge on any atom is 0.280 e. The summed E-state index contributed by atoms with van der Waals surface area (Å²) in [6, 6.07) is 9.90. The van der Waals surface area contributed by atoms with Gasteiger partial charge >= 0.3 is 0 Å². The summed E-state index contributed by atoms with van der Waals surface area (Å²) in [6.45, 7) is 0.399. The number of halogens is 1. The lowest BCUT2D eigenvalue weighted by molar-refractivity contribution is 0.431. The van der Waals surface area contributed by atoms with E-state index in [1.807, 2.05) is 6.07 Å². The Balaban J connectivity index is 1.56.